The van der Waals surface area contributed by atoms with Crippen LogP contribution in [0.4, 0.5) is 0 Å². The number of benzene rings is 2. The van der Waals surface area contributed by atoms with Crippen LogP contribution in [0.1, 0.15) is 21.6 Å². The van der Waals surface area contributed by atoms with E-state index in [1.165, 1.54) is 24.9 Å². The number of aromatic amines is 1. The van der Waals surface area contributed by atoms with E-state index in [9.17, 15) is 9.59 Å². The van der Waals surface area contributed by atoms with Gasteiger partial charge in [0.2, 0.25) is 0 Å². The van der Waals surface area contributed by atoms with E-state index in [-0.39, 0.29) is 18.1 Å². The molecule has 0 amide bonds. The van der Waals surface area contributed by atoms with Gasteiger partial charge in [-0.1, -0.05) is 42.1 Å². The van der Waals surface area contributed by atoms with E-state index in [4.69, 9.17) is 4.74 Å². The summed E-state index contributed by atoms with van der Waals surface area (Å²) >= 11 is 1.41. The predicted octanol–water partition coefficient (Wildman–Crippen LogP) is 3.43. The molecule has 2 aromatic carbocycles. The molecule has 0 radical (unpaired) electrons. The zero-order chi connectivity index (χ0) is 19.1. The van der Waals surface area contributed by atoms with Crippen molar-refractivity contribution >= 4 is 17.7 Å². The molecule has 0 bridgehead atoms. The zero-order valence-electron chi connectivity index (χ0n) is 14.7. The van der Waals surface area contributed by atoms with Gasteiger partial charge in [-0.3, -0.25) is 4.79 Å². The van der Waals surface area contributed by atoms with Crippen molar-refractivity contribution in [3.05, 3.63) is 87.8 Å². The molecule has 0 spiro atoms. The minimum Gasteiger partial charge on any atom is -0.487 e. The summed E-state index contributed by atoms with van der Waals surface area (Å²) in [7, 11) is 1.35. The fourth-order valence-corrected chi connectivity index (χ4v) is 3.16. The molecule has 6 nitrogen and oxygen atoms in total. The second-order valence-electron chi connectivity index (χ2n) is 5.62. The first-order chi connectivity index (χ1) is 13.1. The van der Waals surface area contributed by atoms with Gasteiger partial charge in [0.15, 0.2) is 5.16 Å². The zero-order valence-corrected chi connectivity index (χ0v) is 15.5. The van der Waals surface area contributed by atoms with Crippen molar-refractivity contribution in [3.8, 4) is 5.75 Å². The van der Waals surface area contributed by atoms with Gasteiger partial charge >= 0.3 is 5.97 Å². The van der Waals surface area contributed by atoms with E-state index in [2.05, 4.69) is 14.7 Å². The highest BCUT2D eigenvalue weighted by Gasteiger charge is 2.07. The smallest absolute Gasteiger partial charge is 0.337 e. The minimum absolute atomic E-state index is 0.218. The molecule has 0 fully saturated rings. The van der Waals surface area contributed by atoms with Crippen LogP contribution in [0.2, 0.25) is 0 Å². The van der Waals surface area contributed by atoms with Crippen molar-refractivity contribution in [3.63, 3.8) is 0 Å². The molecule has 3 rings (SSSR count). The molecule has 0 aliphatic rings. The van der Waals surface area contributed by atoms with Gasteiger partial charge in [0.05, 0.1) is 18.4 Å². The van der Waals surface area contributed by atoms with Gasteiger partial charge in [-0.15, -0.1) is 0 Å². The lowest BCUT2D eigenvalue weighted by molar-refractivity contribution is 0.0600. The lowest BCUT2D eigenvalue weighted by Gasteiger charge is -2.07. The van der Waals surface area contributed by atoms with E-state index >= 15 is 0 Å². The van der Waals surface area contributed by atoms with Crippen molar-refractivity contribution in [1.82, 2.24) is 9.97 Å². The van der Waals surface area contributed by atoms with Gasteiger partial charge in [0.25, 0.3) is 5.56 Å². The van der Waals surface area contributed by atoms with E-state index in [0.717, 1.165) is 11.3 Å². The number of hydrogen-bond donors (Lipinski definition) is 1. The quantitative estimate of drug-likeness (QED) is 0.383. The normalized spacial score (nSPS) is 10.4. The highest BCUT2D eigenvalue weighted by molar-refractivity contribution is 7.98. The number of aromatic nitrogens is 2. The van der Waals surface area contributed by atoms with Crippen LogP contribution in [0.25, 0.3) is 0 Å². The lowest BCUT2D eigenvalue weighted by atomic mass is 10.1. The predicted molar refractivity (Wildman–Crippen MR) is 103 cm³/mol. The van der Waals surface area contributed by atoms with Crippen LogP contribution in [-0.2, 0) is 17.1 Å². The van der Waals surface area contributed by atoms with Gasteiger partial charge in [0.1, 0.15) is 12.4 Å². The Morgan fingerprint density at radius 1 is 1.11 bits per heavy atom. The molecule has 1 aromatic heterocycles. The van der Waals surface area contributed by atoms with Crippen LogP contribution in [-0.4, -0.2) is 23.0 Å². The van der Waals surface area contributed by atoms with Gasteiger partial charge in [-0.25, -0.2) is 9.78 Å². The van der Waals surface area contributed by atoms with E-state index in [1.54, 1.807) is 12.1 Å². The van der Waals surface area contributed by atoms with Crippen molar-refractivity contribution in [1.29, 1.82) is 0 Å². The van der Waals surface area contributed by atoms with Crippen molar-refractivity contribution in [2.75, 3.05) is 7.11 Å². The summed E-state index contributed by atoms with van der Waals surface area (Å²) in [5, 5.41) is 0.520. The first kappa shape index (κ1) is 18.7. The van der Waals surface area contributed by atoms with Crippen LogP contribution >= 0.6 is 11.8 Å². The third-order valence-corrected chi connectivity index (χ3v) is 4.60. The number of esters is 1. The Morgan fingerprint density at radius 3 is 2.56 bits per heavy atom. The largest absolute Gasteiger partial charge is 0.487 e. The van der Waals surface area contributed by atoms with Crippen molar-refractivity contribution in [2.45, 2.75) is 17.5 Å². The Labute approximate surface area is 160 Å². The third-order valence-electron chi connectivity index (χ3n) is 3.65. The molecule has 0 atom stereocenters. The molecule has 0 aliphatic carbocycles. The molecule has 0 saturated carbocycles. The second-order valence-corrected chi connectivity index (χ2v) is 6.58. The summed E-state index contributed by atoms with van der Waals surface area (Å²) in [5.74, 6) is 0.957. The Morgan fingerprint density at radius 2 is 1.85 bits per heavy atom. The van der Waals surface area contributed by atoms with Gasteiger partial charge in [-0.2, -0.15) is 0 Å². The minimum atomic E-state index is -0.369. The number of ether oxygens (including phenoxy) is 2. The summed E-state index contributed by atoms with van der Waals surface area (Å²) in [6.07, 6.45) is 0. The number of carbonyl (C=O) groups is 1. The number of methoxy groups -OCH3 is 1. The topological polar surface area (TPSA) is 81.3 Å². The molecule has 0 saturated heterocycles. The van der Waals surface area contributed by atoms with Crippen LogP contribution in [0.3, 0.4) is 0 Å². The molecular weight excluding hydrogens is 364 g/mol. The standard InChI is InChI=1S/C20H18N2O4S/c1-25-19(24)15-9-7-14(8-10-15)13-27-20-21-16(11-18(23)22-20)12-26-17-5-3-2-4-6-17/h2-11H,12-13H2,1H3,(H,21,22,23). The van der Waals surface area contributed by atoms with Crippen molar-refractivity contribution < 1.29 is 14.3 Å². The monoisotopic (exact) mass is 382 g/mol. The van der Waals surface area contributed by atoms with Gasteiger partial charge in [0, 0.05) is 11.8 Å². The highest BCUT2D eigenvalue weighted by atomic mass is 32.2. The van der Waals surface area contributed by atoms with Crippen LogP contribution in [0, 0.1) is 0 Å². The van der Waals surface area contributed by atoms with E-state index < -0.39 is 0 Å². The molecule has 1 heterocycles. The fourth-order valence-electron chi connectivity index (χ4n) is 2.31. The molecule has 0 aliphatic heterocycles. The summed E-state index contributed by atoms with van der Waals surface area (Å²) < 4.78 is 10.3. The Bertz CT molecular complexity index is 956. The van der Waals surface area contributed by atoms with Crippen LogP contribution in [0.15, 0.2) is 70.6 Å². The maximum Gasteiger partial charge on any atom is 0.337 e. The highest BCUT2D eigenvalue weighted by Crippen LogP contribution is 2.19. The average Bonchev–Trinajstić information content (AvgIpc) is 2.71. The number of nitrogens with one attached hydrogen (secondary N) is 1. The number of para-hydroxylation sites is 1. The van der Waals surface area contributed by atoms with Gasteiger partial charge in [-0.05, 0) is 29.8 Å². The van der Waals surface area contributed by atoms with Crippen molar-refractivity contribution in [2.24, 2.45) is 0 Å². The van der Waals surface area contributed by atoms with Gasteiger partial charge < -0.3 is 14.5 Å². The number of H-pyrrole nitrogens is 1. The summed E-state index contributed by atoms with van der Waals surface area (Å²) in [5.41, 5.74) is 1.84. The average molecular weight is 382 g/mol. The molecule has 0 unspecified atom stereocenters. The van der Waals surface area contributed by atoms with Crippen LogP contribution < -0.4 is 10.3 Å². The Hall–Kier alpha value is -3.06. The number of thioether (sulfide) groups is 1. The number of nitrogens with zero attached hydrogens (tertiary/aromatic N) is 1. The molecule has 27 heavy (non-hydrogen) atoms. The fraction of sp³-hybridized carbons (Fsp3) is 0.150. The molecule has 138 valence electrons. The number of hydrogen-bond acceptors (Lipinski definition) is 6. The Kier molecular flexibility index (Phi) is 6.27. The SMILES string of the molecule is COC(=O)c1ccc(CSc2nc(COc3ccccc3)cc(=O)[nH]2)cc1. The number of carbonyl (C=O) groups excluding carboxylic acids is 1. The summed E-state index contributed by atoms with van der Waals surface area (Å²) in [6.45, 7) is 0.218. The van der Waals surface area contributed by atoms with Crippen LogP contribution in [0.5, 0.6) is 5.75 Å². The van der Waals surface area contributed by atoms with E-state index in [0.29, 0.717) is 22.2 Å². The molecule has 1 N–H and O–H groups in total. The summed E-state index contributed by atoms with van der Waals surface area (Å²) in [6, 6.07) is 17.9. The summed E-state index contributed by atoms with van der Waals surface area (Å²) in [4.78, 5) is 30.5. The van der Waals surface area contributed by atoms with E-state index in [1.807, 2.05) is 42.5 Å². The second kappa shape index (κ2) is 9.05. The molecular formula is C20H18N2O4S. The maximum atomic E-state index is 11.9. The molecule has 3 aromatic rings. The third kappa shape index (κ3) is 5.46. The number of rotatable bonds is 7. The first-order valence-corrected chi connectivity index (χ1v) is 9.21. The lowest BCUT2D eigenvalue weighted by Crippen LogP contribution is -2.11. The first-order valence-electron chi connectivity index (χ1n) is 8.22. The Balaban J connectivity index is 1.62. The maximum absolute atomic E-state index is 11.9. The molecule has 7 heteroatoms.